The molecule has 0 aliphatic carbocycles. The lowest BCUT2D eigenvalue weighted by molar-refractivity contribution is 0.661. The second-order valence-electron chi connectivity index (χ2n) is 10.6. The topological polar surface area (TPSA) is 73.4 Å². The standard InChI is InChI=1S/C36H36Br2N4S2/c1-3-5-7-9-11-31-33(21-27(23-39)25-13-17-29(37)18-14-25)43-35(41-31)36-42-32(12-10-8-6-4-2)34(44-36)22-28(24-40)26-15-19-30(38)20-16-26/h13-22H,3-12H2,1-2H3/b27-21+,28-22+. The van der Waals surface area contributed by atoms with E-state index in [1.54, 1.807) is 22.7 Å². The van der Waals surface area contributed by atoms with Gasteiger partial charge in [0.15, 0.2) is 10.0 Å². The van der Waals surface area contributed by atoms with Crippen LogP contribution in [0.2, 0.25) is 0 Å². The number of halogens is 2. The molecule has 4 aromatic rings. The van der Waals surface area contributed by atoms with Crippen molar-refractivity contribution in [1.82, 2.24) is 9.97 Å². The molecule has 0 N–H and O–H groups in total. The maximum Gasteiger partial charge on any atom is 0.153 e. The number of allylic oxidation sites excluding steroid dienone is 2. The molecule has 4 nitrogen and oxygen atoms in total. The Balaban J connectivity index is 1.75. The summed E-state index contributed by atoms with van der Waals surface area (Å²) >= 11 is 10.2. The summed E-state index contributed by atoms with van der Waals surface area (Å²) in [5.41, 5.74) is 5.06. The second-order valence-corrected chi connectivity index (χ2v) is 14.5. The minimum Gasteiger partial charge on any atom is -0.238 e. The molecule has 2 aromatic carbocycles. The Labute approximate surface area is 286 Å². The number of unbranched alkanes of at least 4 members (excludes halogenated alkanes) is 6. The average Bonchev–Trinajstić information content (AvgIpc) is 3.63. The number of aromatic nitrogens is 2. The Hall–Kier alpha value is -2.88. The molecule has 0 fully saturated rings. The van der Waals surface area contributed by atoms with Gasteiger partial charge in [-0.3, -0.25) is 0 Å². The third kappa shape index (κ3) is 9.56. The van der Waals surface area contributed by atoms with Gasteiger partial charge in [0, 0.05) is 8.95 Å². The first-order valence-corrected chi connectivity index (χ1v) is 18.4. The van der Waals surface area contributed by atoms with Crippen LogP contribution in [0.1, 0.15) is 97.5 Å². The van der Waals surface area contributed by atoms with E-state index in [4.69, 9.17) is 9.97 Å². The normalized spacial score (nSPS) is 11.9. The van der Waals surface area contributed by atoms with Crippen LogP contribution in [0.25, 0.3) is 33.3 Å². The zero-order chi connectivity index (χ0) is 31.3. The van der Waals surface area contributed by atoms with Gasteiger partial charge in [-0.25, -0.2) is 9.97 Å². The number of hydrogen-bond acceptors (Lipinski definition) is 6. The number of nitrogens with zero attached hydrogens (tertiary/aromatic N) is 4. The SMILES string of the molecule is CCCCCCc1nc(-c2nc(CCCCCC)c(/C=C(\C#N)c3ccc(Br)cc3)s2)sc1/C=C(\C#N)c1ccc(Br)cc1. The molecule has 0 unspecified atom stereocenters. The summed E-state index contributed by atoms with van der Waals surface area (Å²) in [5.74, 6) is 0. The van der Waals surface area contributed by atoms with E-state index in [1.807, 2.05) is 60.7 Å². The van der Waals surface area contributed by atoms with Crippen LogP contribution in [-0.4, -0.2) is 9.97 Å². The van der Waals surface area contributed by atoms with Gasteiger partial charge in [0.25, 0.3) is 0 Å². The molecule has 0 atom stereocenters. The summed E-state index contributed by atoms with van der Waals surface area (Å²) in [4.78, 5) is 12.3. The number of aryl methyl sites for hydroxylation is 2. The van der Waals surface area contributed by atoms with Crippen LogP contribution in [0.3, 0.4) is 0 Å². The summed E-state index contributed by atoms with van der Waals surface area (Å²) in [6, 6.07) is 20.5. The fraction of sp³-hybridized carbons (Fsp3) is 0.333. The number of nitriles is 2. The highest BCUT2D eigenvalue weighted by atomic mass is 79.9. The summed E-state index contributed by atoms with van der Waals surface area (Å²) < 4.78 is 1.96. The van der Waals surface area contributed by atoms with Crippen LogP contribution in [0.4, 0.5) is 0 Å². The molecular weight excluding hydrogens is 712 g/mol. The third-order valence-electron chi connectivity index (χ3n) is 7.27. The summed E-state index contributed by atoms with van der Waals surface area (Å²) in [5, 5.41) is 21.9. The molecule has 2 heterocycles. The molecule has 2 aromatic heterocycles. The van der Waals surface area contributed by atoms with E-state index in [-0.39, 0.29) is 0 Å². The monoisotopic (exact) mass is 746 g/mol. The van der Waals surface area contributed by atoms with Gasteiger partial charge in [-0.05, 0) is 73.2 Å². The van der Waals surface area contributed by atoms with Gasteiger partial charge < -0.3 is 0 Å². The van der Waals surface area contributed by atoms with E-state index < -0.39 is 0 Å². The molecule has 44 heavy (non-hydrogen) atoms. The quantitative estimate of drug-likeness (QED) is 0.0896. The van der Waals surface area contributed by atoms with Crippen molar-refractivity contribution in [3.05, 3.63) is 89.7 Å². The first-order valence-electron chi connectivity index (χ1n) is 15.2. The number of hydrogen-bond donors (Lipinski definition) is 0. The van der Waals surface area contributed by atoms with E-state index in [9.17, 15) is 10.5 Å². The summed E-state index contributed by atoms with van der Waals surface area (Å²) in [7, 11) is 0. The molecule has 0 aliphatic heterocycles. The lowest BCUT2D eigenvalue weighted by Crippen LogP contribution is -1.91. The van der Waals surface area contributed by atoms with Gasteiger partial charge in [-0.15, -0.1) is 22.7 Å². The van der Waals surface area contributed by atoms with Crippen molar-refractivity contribution in [1.29, 1.82) is 10.5 Å². The molecular formula is C36H36Br2N4S2. The largest absolute Gasteiger partial charge is 0.238 e. The minimum atomic E-state index is 0.620. The summed E-state index contributed by atoms with van der Waals surface area (Å²) in [6.07, 6.45) is 14.9. The van der Waals surface area contributed by atoms with Gasteiger partial charge in [-0.1, -0.05) is 108 Å². The van der Waals surface area contributed by atoms with Crippen molar-refractivity contribution in [2.45, 2.75) is 78.1 Å². The van der Waals surface area contributed by atoms with Crippen LogP contribution in [0.5, 0.6) is 0 Å². The fourth-order valence-electron chi connectivity index (χ4n) is 4.81. The highest BCUT2D eigenvalue weighted by molar-refractivity contribution is 9.10. The maximum absolute atomic E-state index is 10.1. The van der Waals surface area contributed by atoms with Gasteiger partial charge >= 0.3 is 0 Å². The van der Waals surface area contributed by atoms with E-state index in [1.165, 1.54) is 25.7 Å². The van der Waals surface area contributed by atoms with Crippen molar-refractivity contribution in [3.63, 3.8) is 0 Å². The predicted molar refractivity (Wildman–Crippen MR) is 194 cm³/mol. The van der Waals surface area contributed by atoms with E-state index >= 15 is 0 Å². The van der Waals surface area contributed by atoms with Crippen molar-refractivity contribution in [2.75, 3.05) is 0 Å². The van der Waals surface area contributed by atoms with Crippen molar-refractivity contribution in [3.8, 4) is 22.2 Å². The second kappa shape index (κ2) is 17.6. The van der Waals surface area contributed by atoms with Crippen LogP contribution >= 0.6 is 54.5 Å². The molecule has 4 rings (SSSR count). The zero-order valence-corrected chi connectivity index (χ0v) is 30.0. The molecule has 0 saturated heterocycles. The summed E-state index contributed by atoms with van der Waals surface area (Å²) in [6.45, 7) is 4.44. The van der Waals surface area contributed by atoms with Gasteiger partial charge in [-0.2, -0.15) is 10.5 Å². The van der Waals surface area contributed by atoms with Crippen molar-refractivity contribution >= 4 is 77.8 Å². The molecule has 0 saturated carbocycles. The zero-order valence-electron chi connectivity index (χ0n) is 25.2. The highest BCUT2D eigenvalue weighted by Gasteiger charge is 2.18. The third-order valence-corrected chi connectivity index (χ3v) is 10.6. The highest BCUT2D eigenvalue weighted by Crippen LogP contribution is 2.37. The molecule has 0 bridgehead atoms. The van der Waals surface area contributed by atoms with Gasteiger partial charge in [0.2, 0.25) is 0 Å². The van der Waals surface area contributed by atoms with Gasteiger partial charge in [0.05, 0.1) is 44.4 Å². The molecule has 8 heteroatoms. The Morgan fingerprint density at radius 2 is 1.02 bits per heavy atom. The number of thiazole rings is 2. The molecule has 226 valence electrons. The number of rotatable bonds is 15. The lowest BCUT2D eigenvalue weighted by Gasteiger charge is -2.01. The minimum absolute atomic E-state index is 0.620. The van der Waals surface area contributed by atoms with Crippen molar-refractivity contribution in [2.24, 2.45) is 0 Å². The average molecular weight is 749 g/mol. The lowest BCUT2D eigenvalue weighted by atomic mass is 10.0. The molecule has 0 radical (unpaired) electrons. The predicted octanol–water partition coefficient (Wildman–Crippen LogP) is 12.2. The molecule has 0 spiro atoms. The van der Waals surface area contributed by atoms with E-state index in [0.717, 1.165) is 89.8 Å². The van der Waals surface area contributed by atoms with E-state index in [2.05, 4.69) is 57.8 Å². The van der Waals surface area contributed by atoms with Crippen LogP contribution < -0.4 is 0 Å². The van der Waals surface area contributed by atoms with Gasteiger partial charge in [0.1, 0.15) is 0 Å². The van der Waals surface area contributed by atoms with E-state index in [0.29, 0.717) is 11.1 Å². The van der Waals surface area contributed by atoms with Crippen LogP contribution in [0.15, 0.2) is 57.5 Å². The smallest absolute Gasteiger partial charge is 0.153 e. The van der Waals surface area contributed by atoms with Crippen LogP contribution in [-0.2, 0) is 12.8 Å². The van der Waals surface area contributed by atoms with Crippen LogP contribution in [0, 0.1) is 22.7 Å². The first kappa shape index (κ1) is 34.0. The number of benzene rings is 2. The Morgan fingerprint density at radius 1 is 0.636 bits per heavy atom. The maximum atomic E-state index is 10.1. The molecule has 0 aliphatic rings. The molecule has 0 amide bonds. The Morgan fingerprint density at radius 3 is 1.36 bits per heavy atom. The first-order chi connectivity index (χ1) is 21.4. The van der Waals surface area contributed by atoms with Crippen molar-refractivity contribution < 1.29 is 0 Å². The fourth-order valence-corrected chi connectivity index (χ4v) is 7.47. The Kier molecular flexibility index (Phi) is 13.6. The Bertz CT molecular complexity index is 1540.